The quantitative estimate of drug-likeness (QED) is 0.0956. The van der Waals surface area contributed by atoms with Gasteiger partial charge in [0, 0.05) is 52.4 Å². The zero-order valence-electron chi connectivity index (χ0n) is 36.6. The van der Waals surface area contributed by atoms with E-state index in [-0.39, 0.29) is 22.9 Å². The van der Waals surface area contributed by atoms with Crippen LogP contribution < -0.4 is 10.6 Å². The summed E-state index contributed by atoms with van der Waals surface area (Å²) in [5.41, 5.74) is 1.80. The molecule has 58 heavy (non-hydrogen) atoms. The predicted octanol–water partition coefficient (Wildman–Crippen LogP) is 6.44. The molecule has 3 rings (SSSR count). The molecule has 12 heteroatoms. The molecule has 0 aromatic heterocycles. The van der Waals surface area contributed by atoms with Crippen LogP contribution in [0.15, 0.2) is 72.8 Å². The molecule has 0 aliphatic heterocycles. The lowest BCUT2D eigenvalue weighted by atomic mass is 10.0. The SMILES string of the molecule is CCN(CC)CCN(CCN(CC)CC)C(=O)c1ccccc1NC(=O)c1ccccc1C(=O)Nc1ccccc1C(=O)N(CCN(CC)CC)CCN(CC)CC. The van der Waals surface area contributed by atoms with Crippen molar-refractivity contribution in [2.75, 3.05) is 115 Å². The number of hydrogen-bond acceptors (Lipinski definition) is 8. The number of carbonyl (C=O) groups excluding carboxylic acids is 4. The van der Waals surface area contributed by atoms with E-state index in [1.54, 1.807) is 72.8 Å². The Morgan fingerprint density at radius 3 is 0.862 bits per heavy atom. The fourth-order valence-electron chi connectivity index (χ4n) is 6.99. The van der Waals surface area contributed by atoms with Gasteiger partial charge in [-0.05, 0) is 88.8 Å². The number of likely N-dealkylation sites (N-methyl/N-ethyl adjacent to an activating group) is 4. The molecule has 3 aromatic carbocycles. The van der Waals surface area contributed by atoms with Crippen LogP contribution in [-0.2, 0) is 0 Å². The molecular formula is C46H70N8O4. The number of rotatable bonds is 26. The van der Waals surface area contributed by atoms with Crippen LogP contribution in [0, 0.1) is 0 Å². The van der Waals surface area contributed by atoms with Crippen LogP contribution >= 0.6 is 0 Å². The highest BCUT2D eigenvalue weighted by Gasteiger charge is 2.25. The van der Waals surface area contributed by atoms with Crippen LogP contribution in [0.25, 0.3) is 0 Å². The molecule has 318 valence electrons. The minimum Gasteiger partial charge on any atom is -0.336 e. The van der Waals surface area contributed by atoms with Gasteiger partial charge in [0.25, 0.3) is 23.6 Å². The highest BCUT2D eigenvalue weighted by atomic mass is 16.2. The minimum absolute atomic E-state index is 0.144. The topological polar surface area (TPSA) is 112 Å². The molecule has 3 aromatic rings. The molecule has 0 unspecified atom stereocenters. The average Bonchev–Trinajstić information content (AvgIpc) is 3.26. The molecule has 0 saturated heterocycles. The summed E-state index contributed by atoms with van der Waals surface area (Å²) in [6.07, 6.45) is 0. The number of nitrogens with one attached hydrogen (secondary N) is 2. The molecule has 0 radical (unpaired) electrons. The number of amides is 4. The molecule has 0 aliphatic rings. The maximum Gasteiger partial charge on any atom is 0.256 e. The average molecular weight is 799 g/mol. The fourth-order valence-corrected chi connectivity index (χ4v) is 6.99. The number of nitrogens with zero attached hydrogens (tertiary/aromatic N) is 6. The first-order chi connectivity index (χ1) is 28.1. The molecular weight excluding hydrogens is 729 g/mol. The maximum atomic E-state index is 14.2. The molecule has 12 nitrogen and oxygen atoms in total. The Morgan fingerprint density at radius 2 is 0.603 bits per heavy atom. The third kappa shape index (κ3) is 14.0. The second-order valence-electron chi connectivity index (χ2n) is 14.2. The molecule has 0 aliphatic carbocycles. The lowest BCUT2D eigenvalue weighted by molar-refractivity contribution is 0.0711. The van der Waals surface area contributed by atoms with Gasteiger partial charge in [0.1, 0.15) is 0 Å². The standard InChI is InChI=1S/C46H70N8O4/c1-9-49(10-2)29-33-53(34-30-50(11-3)12-4)45(57)39-25-19-21-27-41(39)47-43(55)37-23-17-18-24-38(37)44(56)48-42-28-22-20-26-40(42)46(58)54(35-31-51(13-5)14-6)36-32-52(15-7)16-8/h17-28H,9-16,29-36H2,1-8H3,(H,47,55)(H,48,56). The van der Waals surface area contributed by atoms with Gasteiger partial charge in [0.15, 0.2) is 0 Å². The molecule has 0 fully saturated rings. The van der Waals surface area contributed by atoms with Crippen molar-refractivity contribution in [2.45, 2.75) is 55.4 Å². The maximum absolute atomic E-state index is 14.2. The lowest BCUT2D eigenvalue weighted by Crippen LogP contribution is -2.43. The summed E-state index contributed by atoms with van der Waals surface area (Å²) in [6, 6.07) is 20.6. The minimum atomic E-state index is -0.521. The second kappa shape index (κ2) is 25.7. The van der Waals surface area contributed by atoms with Gasteiger partial charge in [-0.3, -0.25) is 19.2 Å². The summed E-state index contributed by atoms with van der Waals surface area (Å²) in [5, 5.41) is 5.90. The largest absolute Gasteiger partial charge is 0.336 e. The van der Waals surface area contributed by atoms with Crippen LogP contribution in [0.5, 0.6) is 0 Å². The van der Waals surface area contributed by atoms with E-state index in [2.05, 4.69) is 85.6 Å². The first-order valence-electron chi connectivity index (χ1n) is 21.5. The monoisotopic (exact) mass is 799 g/mol. The Balaban J connectivity index is 1.88. The number of hydrogen-bond donors (Lipinski definition) is 2. The highest BCUT2D eigenvalue weighted by Crippen LogP contribution is 2.23. The first-order valence-corrected chi connectivity index (χ1v) is 21.5. The van der Waals surface area contributed by atoms with Crippen LogP contribution in [0.3, 0.4) is 0 Å². The first kappa shape index (κ1) is 47.8. The molecule has 0 atom stereocenters. The van der Waals surface area contributed by atoms with Gasteiger partial charge < -0.3 is 40.0 Å². The van der Waals surface area contributed by atoms with Gasteiger partial charge in [-0.1, -0.05) is 91.8 Å². The van der Waals surface area contributed by atoms with Crippen molar-refractivity contribution in [3.05, 3.63) is 95.1 Å². The van der Waals surface area contributed by atoms with Gasteiger partial charge >= 0.3 is 0 Å². The van der Waals surface area contributed by atoms with Crippen molar-refractivity contribution in [1.82, 2.24) is 29.4 Å². The van der Waals surface area contributed by atoms with Gasteiger partial charge in [0.05, 0.1) is 33.6 Å². The van der Waals surface area contributed by atoms with Gasteiger partial charge in [-0.25, -0.2) is 0 Å². The van der Waals surface area contributed by atoms with E-state index >= 15 is 0 Å². The number of benzene rings is 3. The number of carbonyl (C=O) groups is 4. The van der Waals surface area contributed by atoms with Crippen molar-refractivity contribution in [2.24, 2.45) is 0 Å². The highest BCUT2D eigenvalue weighted by molar-refractivity contribution is 6.17. The van der Waals surface area contributed by atoms with Gasteiger partial charge in [-0.15, -0.1) is 0 Å². The van der Waals surface area contributed by atoms with Crippen molar-refractivity contribution < 1.29 is 19.2 Å². The van der Waals surface area contributed by atoms with Crippen LogP contribution in [0.1, 0.15) is 96.8 Å². The summed E-state index contributed by atoms with van der Waals surface area (Å²) in [4.78, 5) is 69.4. The van der Waals surface area contributed by atoms with Crippen molar-refractivity contribution in [3.63, 3.8) is 0 Å². The normalized spacial score (nSPS) is 11.4. The Labute approximate surface area is 348 Å². The summed E-state index contributed by atoms with van der Waals surface area (Å²) in [6.45, 7) is 29.3. The molecule has 4 amide bonds. The van der Waals surface area contributed by atoms with E-state index in [9.17, 15) is 19.2 Å². The van der Waals surface area contributed by atoms with Crippen LogP contribution in [0.2, 0.25) is 0 Å². The van der Waals surface area contributed by atoms with Crippen LogP contribution in [0.4, 0.5) is 11.4 Å². The van der Waals surface area contributed by atoms with E-state index in [0.717, 1.165) is 78.5 Å². The van der Waals surface area contributed by atoms with E-state index in [4.69, 9.17) is 0 Å². The number of para-hydroxylation sites is 2. The fraction of sp³-hybridized carbons (Fsp3) is 0.522. The van der Waals surface area contributed by atoms with E-state index in [1.807, 2.05) is 9.80 Å². The van der Waals surface area contributed by atoms with Crippen molar-refractivity contribution in [3.8, 4) is 0 Å². The Morgan fingerprint density at radius 1 is 0.362 bits per heavy atom. The summed E-state index contributed by atoms with van der Waals surface area (Å²) in [5.74, 6) is -1.36. The molecule has 0 bridgehead atoms. The third-order valence-corrected chi connectivity index (χ3v) is 11.1. The zero-order valence-corrected chi connectivity index (χ0v) is 36.6. The van der Waals surface area contributed by atoms with Crippen LogP contribution in [-0.4, -0.2) is 158 Å². The molecule has 2 N–H and O–H groups in total. The molecule has 0 heterocycles. The van der Waals surface area contributed by atoms with E-state index in [0.29, 0.717) is 48.7 Å². The van der Waals surface area contributed by atoms with Crippen molar-refractivity contribution >= 4 is 35.0 Å². The summed E-state index contributed by atoms with van der Waals surface area (Å²) < 4.78 is 0. The van der Waals surface area contributed by atoms with Crippen molar-refractivity contribution in [1.29, 1.82) is 0 Å². The number of anilines is 2. The predicted molar refractivity (Wildman–Crippen MR) is 238 cm³/mol. The summed E-state index contributed by atoms with van der Waals surface area (Å²) in [7, 11) is 0. The smallest absolute Gasteiger partial charge is 0.256 e. The van der Waals surface area contributed by atoms with Gasteiger partial charge in [-0.2, -0.15) is 0 Å². The van der Waals surface area contributed by atoms with E-state index < -0.39 is 11.8 Å². The molecule has 0 saturated carbocycles. The molecule has 0 spiro atoms. The summed E-state index contributed by atoms with van der Waals surface area (Å²) >= 11 is 0. The zero-order chi connectivity index (χ0) is 42.5. The van der Waals surface area contributed by atoms with Gasteiger partial charge in [0.2, 0.25) is 0 Å². The Hall–Kier alpha value is -4.62. The van der Waals surface area contributed by atoms with E-state index in [1.165, 1.54) is 0 Å². The Bertz CT molecular complexity index is 1560. The Kier molecular flexibility index (Phi) is 21.1. The lowest BCUT2D eigenvalue weighted by Gasteiger charge is -2.29. The third-order valence-electron chi connectivity index (χ3n) is 11.1. The second-order valence-corrected chi connectivity index (χ2v) is 14.2.